The highest BCUT2D eigenvalue weighted by molar-refractivity contribution is 5.35. The Kier molecular flexibility index (Phi) is 2.35. The fourth-order valence-corrected chi connectivity index (χ4v) is 1.68. The summed E-state index contributed by atoms with van der Waals surface area (Å²) in [4.78, 5) is 10.7. The van der Waals surface area contributed by atoms with E-state index in [0.717, 1.165) is 30.4 Å². The number of alkyl halides is 1. The molecule has 0 amide bonds. The minimum absolute atomic E-state index is 0.180. The Balaban J connectivity index is 2.10. The zero-order valence-corrected chi connectivity index (χ0v) is 8.50. The van der Waals surface area contributed by atoms with Gasteiger partial charge in [-0.1, -0.05) is 0 Å². The molecule has 0 radical (unpaired) electrons. The van der Waals surface area contributed by atoms with Gasteiger partial charge < -0.3 is 4.90 Å². The summed E-state index contributed by atoms with van der Waals surface area (Å²) in [6.07, 6.45) is 0. The Bertz CT molecular complexity index is 314. The Hall–Kier alpha value is -1.19. The van der Waals surface area contributed by atoms with Crippen molar-refractivity contribution in [2.45, 2.75) is 13.8 Å². The molecule has 14 heavy (non-hydrogen) atoms. The zero-order chi connectivity index (χ0) is 10.1. The molecule has 0 N–H and O–H groups in total. The summed E-state index contributed by atoms with van der Waals surface area (Å²) in [6.45, 7) is 5.16. The Labute approximate surface area is 83.0 Å². The SMILES string of the molecule is Cc1cc(C)nc(N2CC(CF)C2)n1. The number of hydrogen-bond donors (Lipinski definition) is 0. The number of anilines is 1. The molecule has 76 valence electrons. The molecule has 1 aliphatic heterocycles. The number of hydrogen-bond acceptors (Lipinski definition) is 3. The van der Waals surface area contributed by atoms with E-state index in [2.05, 4.69) is 9.97 Å². The van der Waals surface area contributed by atoms with Gasteiger partial charge in [-0.05, 0) is 19.9 Å². The minimum Gasteiger partial charge on any atom is -0.340 e. The van der Waals surface area contributed by atoms with E-state index in [4.69, 9.17) is 0 Å². The number of rotatable bonds is 2. The number of aromatic nitrogens is 2. The highest BCUT2D eigenvalue weighted by Gasteiger charge is 2.28. The molecule has 2 heterocycles. The molecule has 4 heteroatoms. The summed E-state index contributed by atoms with van der Waals surface area (Å²) in [5.74, 6) is 0.923. The number of aryl methyl sites for hydroxylation is 2. The van der Waals surface area contributed by atoms with Crippen molar-refractivity contribution in [3.8, 4) is 0 Å². The molecule has 0 atom stereocenters. The molecule has 1 fully saturated rings. The largest absolute Gasteiger partial charge is 0.340 e. The first-order valence-corrected chi connectivity index (χ1v) is 4.82. The smallest absolute Gasteiger partial charge is 0.225 e. The molecule has 1 aromatic rings. The van der Waals surface area contributed by atoms with Crippen molar-refractivity contribution in [3.05, 3.63) is 17.5 Å². The van der Waals surface area contributed by atoms with Crippen LogP contribution in [0, 0.1) is 19.8 Å². The van der Waals surface area contributed by atoms with Crippen LogP contribution in [0.1, 0.15) is 11.4 Å². The Morgan fingerprint density at radius 3 is 2.43 bits per heavy atom. The van der Waals surface area contributed by atoms with E-state index < -0.39 is 0 Å². The summed E-state index contributed by atoms with van der Waals surface area (Å²) in [5, 5.41) is 0. The normalized spacial score (nSPS) is 16.9. The van der Waals surface area contributed by atoms with Crippen LogP contribution in [-0.2, 0) is 0 Å². The van der Waals surface area contributed by atoms with Gasteiger partial charge in [-0.25, -0.2) is 9.97 Å². The highest BCUT2D eigenvalue weighted by atomic mass is 19.1. The maximum atomic E-state index is 12.2. The summed E-state index contributed by atoms with van der Waals surface area (Å²) in [7, 11) is 0. The van der Waals surface area contributed by atoms with Gasteiger partial charge in [0.15, 0.2) is 0 Å². The molecule has 1 aliphatic rings. The first-order chi connectivity index (χ1) is 6.69. The Morgan fingerprint density at radius 2 is 1.93 bits per heavy atom. The molecular weight excluding hydrogens is 181 g/mol. The van der Waals surface area contributed by atoms with Crippen molar-refractivity contribution in [3.63, 3.8) is 0 Å². The van der Waals surface area contributed by atoms with Crippen LogP contribution in [0.25, 0.3) is 0 Å². The van der Waals surface area contributed by atoms with E-state index >= 15 is 0 Å². The third-order valence-corrected chi connectivity index (χ3v) is 2.43. The molecule has 0 saturated carbocycles. The first-order valence-electron chi connectivity index (χ1n) is 4.82. The highest BCUT2D eigenvalue weighted by Crippen LogP contribution is 2.21. The Morgan fingerprint density at radius 1 is 1.36 bits per heavy atom. The van der Waals surface area contributed by atoms with E-state index in [1.54, 1.807) is 0 Å². The molecule has 2 rings (SSSR count). The third kappa shape index (κ3) is 1.69. The lowest BCUT2D eigenvalue weighted by atomic mass is 10.0. The lowest BCUT2D eigenvalue weighted by Gasteiger charge is -2.37. The molecule has 1 saturated heterocycles. The molecule has 0 bridgehead atoms. The van der Waals surface area contributed by atoms with Crippen LogP contribution >= 0.6 is 0 Å². The monoisotopic (exact) mass is 195 g/mol. The van der Waals surface area contributed by atoms with Crippen molar-refractivity contribution in [2.75, 3.05) is 24.7 Å². The van der Waals surface area contributed by atoms with E-state index in [-0.39, 0.29) is 12.6 Å². The van der Waals surface area contributed by atoms with Crippen LogP contribution in [0.4, 0.5) is 10.3 Å². The van der Waals surface area contributed by atoms with Crippen molar-refractivity contribution in [1.82, 2.24) is 9.97 Å². The lowest BCUT2D eigenvalue weighted by molar-refractivity contribution is 0.303. The van der Waals surface area contributed by atoms with Crippen molar-refractivity contribution in [2.24, 2.45) is 5.92 Å². The van der Waals surface area contributed by atoms with Gasteiger partial charge in [0, 0.05) is 30.4 Å². The predicted molar refractivity (Wildman–Crippen MR) is 53.2 cm³/mol. The average molecular weight is 195 g/mol. The fourth-order valence-electron chi connectivity index (χ4n) is 1.68. The fraction of sp³-hybridized carbons (Fsp3) is 0.600. The molecular formula is C10H14FN3. The molecule has 0 aliphatic carbocycles. The molecule has 1 aromatic heterocycles. The van der Waals surface area contributed by atoms with E-state index in [1.165, 1.54) is 0 Å². The van der Waals surface area contributed by atoms with E-state index in [1.807, 2.05) is 24.8 Å². The van der Waals surface area contributed by atoms with Gasteiger partial charge in [-0.3, -0.25) is 4.39 Å². The third-order valence-electron chi connectivity index (χ3n) is 2.43. The minimum atomic E-state index is -0.235. The van der Waals surface area contributed by atoms with Crippen molar-refractivity contribution in [1.29, 1.82) is 0 Å². The van der Waals surface area contributed by atoms with Crippen molar-refractivity contribution < 1.29 is 4.39 Å². The van der Waals surface area contributed by atoms with E-state index in [9.17, 15) is 4.39 Å². The number of halogens is 1. The van der Waals surface area contributed by atoms with Gasteiger partial charge in [-0.15, -0.1) is 0 Å². The molecule has 0 aromatic carbocycles. The van der Waals surface area contributed by atoms with Gasteiger partial charge in [0.2, 0.25) is 5.95 Å². The van der Waals surface area contributed by atoms with Gasteiger partial charge in [-0.2, -0.15) is 0 Å². The average Bonchev–Trinajstić information content (AvgIpc) is 2.00. The van der Waals surface area contributed by atoms with Gasteiger partial charge in [0.25, 0.3) is 0 Å². The van der Waals surface area contributed by atoms with Crippen LogP contribution in [0.15, 0.2) is 6.07 Å². The summed E-state index contributed by atoms with van der Waals surface area (Å²) >= 11 is 0. The maximum absolute atomic E-state index is 12.2. The van der Waals surface area contributed by atoms with Crippen LogP contribution in [0.5, 0.6) is 0 Å². The van der Waals surface area contributed by atoms with Gasteiger partial charge >= 0.3 is 0 Å². The van der Waals surface area contributed by atoms with Crippen LogP contribution < -0.4 is 4.90 Å². The lowest BCUT2D eigenvalue weighted by Crippen LogP contribution is -2.48. The first kappa shape index (κ1) is 9.37. The molecule has 0 spiro atoms. The topological polar surface area (TPSA) is 29.0 Å². The van der Waals surface area contributed by atoms with Crippen molar-refractivity contribution >= 4 is 5.95 Å². The van der Waals surface area contributed by atoms with Crippen LogP contribution in [0.3, 0.4) is 0 Å². The van der Waals surface area contributed by atoms with Crippen LogP contribution in [-0.4, -0.2) is 29.7 Å². The second-order valence-electron chi connectivity index (χ2n) is 3.88. The van der Waals surface area contributed by atoms with E-state index in [0.29, 0.717) is 0 Å². The predicted octanol–water partition coefficient (Wildman–Crippen LogP) is 1.50. The maximum Gasteiger partial charge on any atom is 0.225 e. The quantitative estimate of drug-likeness (QED) is 0.716. The standard InChI is InChI=1S/C10H14FN3/c1-7-3-8(2)13-10(12-7)14-5-9(4-11)6-14/h3,9H,4-6H2,1-2H3. The zero-order valence-electron chi connectivity index (χ0n) is 8.50. The summed E-state index contributed by atoms with van der Waals surface area (Å²) in [6, 6.07) is 1.94. The molecule has 0 unspecified atom stereocenters. The van der Waals surface area contributed by atoms with Crippen LogP contribution in [0.2, 0.25) is 0 Å². The second-order valence-corrected chi connectivity index (χ2v) is 3.88. The summed E-state index contributed by atoms with van der Waals surface area (Å²) < 4.78 is 12.2. The number of nitrogens with zero attached hydrogens (tertiary/aromatic N) is 3. The second kappa shape index (κ2) is 3.52. The summed E-state index contributed by atoms with van der Waals surface area (Å²) in [5.41, 5.74) is 1.94. The molecule has 3 nitrogen and oxygen atoms in total. The van der Waals surface area contributed by atoms with Gasteiger partial charge in [0.1, 0.15) is 0 Å². The van der Waals surface area contributed by atoms with Gasteiger partial charge in [0.05, 0.1) is 6.67 Å².